The van der Waals surface area contributed by atoms with Crippen LogP contribution in [0.4, 0.5) is 17.6 Å². The highest BCUT2D eigenvalue weighted by atomic mass is 19.4. The van der Waals surface area contributed by atoms with Crippen LogP contribution in [0.25, 0.3) is 0 Å². The molecule has 1 aliphatic heterocycles. The van der Waals surface area contributed by atoms with Gasteiger partial charge in [-0.1, -0.05) is 38.1 Å². The Labute approximate surface area is 238 Å². The number of hydrogen-bond donors (Lipinski definition) is 2. The van der Waals surface area contributed by atoms with E-state index in [0.717, 1.165) is 50.8 Å². The molecule has 4 aliphatic rings. The summed E-state index contributed by atoms with van der Waals surface area (Å²) >= 11 is 0. The number of rotatable bonds is 4. The van der Waals surface area contributed by atoms with Gasteiger partial charge in [0.1, 0.15) is 11.6 Å². The molecule has 0 radical (unpaired) electrons. The number of alkyl halides is 3. The van der Waals surface area contributed by atoms with E-state index in [1.807, 2.05) is 0 Å². The molecule has 1 saturated heterocycles. The Morgan fingerprint density at radius 3 is 2.22 bits per heavy atom. The van der Waals surface area contributed by atoms with Crippen LogP contribution in [0.15, 0.2) is 48.5 Å². The molecule has 1 heterocycles. The van der Waals surface area contributed by atoms with Crippen LogP contribution in [0.5, 0.6) is 0 Å². The summed E-state index contributed by atoms with van der Waals surface area (Å²) in [7, 11) is 0. The van der Waals surface area contributed by atoms with Gasteiger partial charge in [-0.3, -0.25) is 9.59 Å². The molecule has 1 amide bonds. The zero-order chi connectivity index (χ0) is 29.2. The third-order valence-electron chi connectivity index (χ3n) is 11.4. The maximum atomic E-state index is 14.0. The van der Waals surface area contributed by atoms with Crippen LogP contribution in [0, 0.1) is 40.3 Å². The average Bonchev–Trinajstić information content (AvgIpc) is 3.29. The second-order valence-corrected chi connectivity index (χ2v) is 13.4. The number of piperidine rings is 1. The second-order valence-electron chi connectivity index (χ2n) is 13.4. The molecule has 8 atom stereocenters. The number of ketones is 1. The van der Waals surface area contributed by atoms with Gasteiger partial charge >= 0.3 is 6.18 Å². The number of halogens is 4. The number of carbonyl (C=O) groups excluding carboxylic acids is 2. The van der Waals surface area contributed by atoms with Gasteiger partial charge in [0.2, 0.25) is 5.91 Å². The number of amides is 1. The molecule has 2 aromatic rings. The van der Waals surface area contributed by atoms with E-state index in [1.54, 1.807) is 12.1 Å². The molecular weight excluding hydrogens is 532 g/mol. The maximum absolute atomic E-state index is 14.0. The van der Waals surface area contributed by atoms with Gasteiger partial charge in [0.05, 0.1) is 11.6 Å². The largest absolute Gasteiger partial charge is 0.416 e. The van der Waals surface area contributed by atoms with Crippen molar-refractivity contribution in [2.75, 3.05) is 6.54 Å². The number of carbonyl (C=O) groups is 2. The Kier molecular flexibility index (Phi) is 7.07. The number of hydrogen-bond acceptors (Lipinski definition) is 3. The zero-order valence-corrected chi connectivity index (χ0v) is 23.6. The van der Waals surface area contributed by atoms with Crippen molar-refractivity contribution >= 4 is 11.7 Å². The smallest absolute Gasteiger partial charge is 0.345 e. The van der Waals surface area contributed by atoms with Crippen molar-refractivity contribution in [3.8, 4) is 0 Å². The molecule has 4 fully saturated rings. The highest BCUT2D eigenvalue weighted by molar-refractivity contribution is 5.81. The second kappa shape index (κ2) is 10.2. The SMILES string of the molecule is C[C@]12CCC(=O)CC1NCC1C2CC[C@]2(C)C(C(=O)NC(c3ccc(F)cc3)c3ccc(C(F)(F)F)cc3)CCC12. The van der Waals surface area contributed by atoms with E-state index in [-0.39, 0.29) is 28.7 Å². The summed E-state index contributed by atoms with van der Waals surface area (Å²) in [5.74, 6) is 0.969. The van der Waals surface area contributed by atoms with E-state index in [0.29, 0.717) is 47.5 Å². The van der Waals surface area contributed by atoms with Gasteiger partial charge in [0.25, 0.3) is 0 Å². The van der Waals surface area contributed by atoms with E-state index in [4.69, 9.17) is 0 Å². The van der Waals surface area contributed by atoms with Crippen molar-refractivity contribution in [1.29, 1.82) is 0 Å². The number of nitrogens with one attached hydrogen (secondary N) is 2. The molecule has 3 aliphatic carbocycles. The summed E-state index contributed by atoms with van der Waals surface area (Å²) in [5, 5.41) is 6.89. The van der Waals surface area contributed by atoms with Crippen LogP contribution >= 0.6 is 0 Å². The minimum atomic E-state index is -4.46. The quantitative estimate of drug-likeness (QED) is 0.396. The minimum absolute atomic E-state index is 0.0920. The van der Waals surface area contributed by atoms with Gasteiger partial charge in [-0.2, -0.15) is 13.2 Å². The molecule has 6 unspecified atom stereocenters. The molecule has 8 heteroatoms. The lowest BCUT2D eigenvalue weighted by atomic mass is 9.48. The summed E-state index contributed by atoms with van der Waals surface area (Å²) in [5.41, 5.74) is 0.282. The topological polar surface area (TPSA) is 58.2 Å². The third-order valence-corrected chi connectivity index (χ3v) is 11.4. The highest BCUT2D eigenvalue weighted by Gasteiger charge is 2.61. The molecule has 0 spiro atoms. The molecule has 6 rings (SSSR count). The van der Waals surface area contributed by atoms with Crippen LogP contribution in [0.1, 0.15) is 81.5 Å². The van der Waals surface area contributed by atoms with E-state index >= 15 is 0 Å². The predicted octanol–water partition coefficient (Wildman–Crippen LogP) is 6.84. The first-order valence-electron chi connectivity index (χ1n) is 14.9. The average molecular weight is 571 g/mol. The fourth-order valence-corrected chi connectivity index (χ4v) is 9.12. The Morgan fingerprint density at radius 1 is 0.927 bits per heavy atom. The van der Waals surface area contributed by atoms with Gasteiger partial charge in [0, 0.05) is 24.8 Å². The lowest BCUT2D eigenvalue weighted by molar-refractivity contribution is -0.139. The minimum Gasteiger partial charge on any atom is -0.345 e. The van der Waals surface area contributed by atoms with Gasteiger partial charge in [-0.15, -0.1) is 0 Å². The summed E-state index contributed by atoms with van der Waals surface area (Å²) in [6, 6.07) is 10.1. The summed E-state index contributed by atoms with van der Waals surface area (Å²) in [6.07, 6.45) is 1.42. The first-order chi connectivity index (χ1) is 19.4. The van der Waals surface area contributed by atoms with E-state index in [1.165, 1.54) is 24.3 Å². The fourth-order valence-electron chi connectivity index (χ4n) is 9.12. The molecule has 41 heavy (non-hydrogen) atoms. The van der Waals surface area contributed by atoms with Crippen molar-refractivity contribution in [2.24, 2.45) is 34.5 Å². The van der Waals surface area contributed by atoms with Crippen molar-refractivity contribution in [3.63, 3.8) is 0 Å². The van der Waals surface area contributed by atoms with Gasteiger partial charge < -0.3 is 10.6 Å². The van der Waals surface area contributed by atoms with Crippen molar-refractivity contribution in [3.05, 3.63) is 71.0 Å². The molecular formula is C33H38F4N2O2. The normalized spacial score (nSPS) is 35.7. The van der Waals surface area contributed by atoms with Crippen LogP contribution in [0.2, 0.25) is 0 Å². The summed E-state index contributed by atoms with van der Waals surface area (Å²) in [4.78, 5) is 26.2. The van der Waals surface area contributed by atoms with E-state index in [2.05, 4.69) is 24.5 Å². The molecule has 2 aromatic carbocycles. The lowest BCUT2D eigenvalue weighted by Crippen LogP contribution is -2.63. The Balaban J connectivity index is 1.24. The molecule has 220 valence electrons. The fraction of sp³-hybridized carbons (Fsp3) is 0.576. The van der Waals surface area contributed by atoms with E-state index in [9.17, 15) is 27.2 Å². The first kappa shape index (κ1) is 28.4. The Hall–Kier alpha value is -2.74. The van der Waals surface area contributed by atoms with Crippen LogP contribution in [-0.2, 0) is 15.8 Å². The first-order valence-corrected chi connectivity index (χ1v) is 14.9. The van der Waals surface area contributed by atoms with Gasteiger partial charge in [-0.05, 0) is 103 Å². The van der Waals surface area contributed by atoms with Crippen molar-refractivity contribution in [2.45, 2.75) is 77.1 Å². The molecule has 0 bridgehead atoms. The lowest BCUT2D eigenvalue weighted by Gasteiger charge is -2.60. The van der Waals surface area contributed by atoms with Gasteiger partial charge in [0.15, 0.2) is 0 Å². The number of benzene rings is 2. The maximum Gasteiger partial charge on any atom is 0.416 e. The van der Waals surface area contributed by atoms with Crippen LogP contribution in [-0.4, -0.2) is 24.3 Å². The number of fused-ring (bicyclic) bond motifs is 5. The third kappa shape index (κ3) is 4.90. The van der Waals surface area contributed by atoms with Crippen molar-refractivity contribution < 1.29 is 27.2 Å². The monoisotopic (exact) mass is 570 g/mol. The predicted molar refractivity (Wildman–Crippen MR) is 147 cm³/mol. The number of Topliss-reactive ketones (excluding diaryl/α,β-unsaturated/α-hetero) is 1. The molecule has 0 aromatic heterocycles. The zero-order valence-electron chi connectivity index (χ0n) is 23.6. The highest BCUT2D eigenvalue weighted by Crippen LogP contribution is 2.64. The summed E-state index contributed by atoms with van der Waals surface area (Å²) in [6.45, 7) is 5.47. The van der Waals surface area contributed by atoms with Crippen LogP contribution < -0.4 is 10.6 Å². The van der Waals surface area contributed by atoms with E-state index < -0.39 is 23.6 Å². The summed E-state index contributed by atoms with van der Waals surface area (Å²) < 4.78 is 53.4. The molecule has 2 N–H and O–H groups in total. The standard InChI is InChI=1S/C33H38F4N2O2/c1-31-16-14-26-24(18-38-28-17-23(40)13-15-32(26,28)2)25(31)11-12-27(31)30(41)39-29(20-5-9-22(34)10-6-20)19-3-7-21(8-4-19)33(35,36)37/h3-10,24-29,38H,11-18H2,1-2H3,(H,39,41)/t24?,25?,26?,27?,28?,29?,31-,32+/m0/s1. The molecule has 4 nitrogen and oxygen atoms in total. The Bertz CT molecular complexity index is 1310. The van der Waals surface area contributed by atoms with Crippen molar-refractivity contribution in [1.82, 2.24) is 10.6 Å². The Morgan fingerprint density at radius 2 is 1.56 bits per heavy atom. The van der Waals surface area contributed by atoms with Crippen LogP contribution in [0.3, 0.4) is 0 Å². The van der Waals surface area contributed by atoms with Gasteiger partial charge in [-0.25, -0.2) is 4.39 Å². The molecule has 3 saturated carbocycles.